The fourth-order valence-corrected chi connectivity index (χ4v) is 6.95. The highest BCUT2D eigenvalue weighted by molar-refractivity contribution is 6.00. The second-order valence-electron chi connectivity index (χ2n) is 12.6. The van der Waals surface area contributed by atoms with Crippen LogP contribution in [0.25, 0.3) is 0 Å². The van der Waals surface area contributed by atoms with Gasteiger partial charge in [0.15, 0.2) is 0 Å². The number of benzene rings is 1. The molecule has 1 spiro atoms. The molecule has 5 rings (SSSR count). The van der Waals surface area contributed by atoms with Crippen LogP contribution < -0.4 is 15.4 Å². The van der Waals surface area contributed by atoms with Crippen LogP contribution >= 0.6 is 0 Å². The van der Waals surface area contributed by atoms with Crippen LogP contribution in [0.15, 0.2) is 42.6 Å². The Morgan fingerprint density at radius 3 is 2.48 bits per heavy atom. The molecular formula is C34H47N5O5. The SMILES string of the molecule is CCCCN1C(=O)[C@@H]([C@H](O)C2CCCCC2)NC(=O)C12CCN(Cc1ccc(C(=O)NCc3ccc(OC)cc3)cn1)CC2. The first kappa shape index (κ1) is 31.9. The summed E-state index contributed by atoms with van der Waals surface area (Å²) < 4.78 is 5.18. The second-order valence-corrected chi connectivity index (χ2v) is 12.6. The van der Waals surface area contributed by atoms with Crippen LogP contribution in [0.3, 0.4) is 0 Å². The predicted octanol–water partition coefficient (Wildman–Crippen LogP) is 3.42. The molecule has 3 N–H and O–H groups in total. The Bertz CT molecular complexity index is 1270. The second kappa shape index (κ2) is 14.5. The van der Waals surface area contributed by atoms with Crippen LogP contribution in [0.4, 0.5) is 0 Å². The lowest BCUT2D eigenvalue weighted by Crippen LogP contribution is -2.75. The Hall–Kier alpha value is -3.50. The van der Waals surface area contributed by atoms with Gasteiger partial charge in [-0.25, -0.2) is 0 Å². The summed E-state index contributed by atoms with van der Waals surface area (Å²) in [5.74, 6) is 0.376. The molecule has 2 aromatic rings. The van der Waals surface area contributed by atoms with Gasteiger partial charge in [0.2, 0.25) is 11.8 Å². The third kappa shape index (κ3) is 7.07. The van der Waals surface area contributed by atoms with E-state index in [2.05, 4.69) is 27.4 Å². The summed E-state index contributed by atoms with van der Waals surface area (Å²) in [6, 6.07) is 10.4. The van der Waals surface area contributed by atoms with Crippen molar-refractivity contribution in [1.29, 1.82) is 0 Å². The first-order chi connectivity index (χ1) is 21.3. The number of piperazine rings is 1. The number of carbonyl (C=O) groups is 3. The van der Waals surface area contributed by atoms with Gasteiger partial charge in [-0.05, 0) is 67.9 Å². The lowest BCUT2D eigenvalue weighted by molar-refractivity contribution is -0.166. The number of rotatable bonds is 11. The number of carbonyl (C=O) groups excluding carboxylic acids is 3. The molecular weight excluding hydrogens is 558 g/mol. The van der Waals surface area contributed by atoms with Crippen LogP contribution in [0, 0.1) is 5.92 Å². The maximum Gasteiger partial charge on any atom is 0.253 e. The lowest BCUT2D eigenvalue weighted by atomic mass is 9.78. The number of amides is 3. The fraction of sp³-hybridized carbons (Fsp3) is 0.588. The quantitative estimate of drug-likeness (QED) is 0.359. The number of nitrogens with one attached hydrogen (secondary N) is 2. The highest BCUT2D eigenvalue weighted by Gasteiger charge is 2.55. The summed E-state index contributed by atoms with van der Waals surface area (Å²) in [6.07, 6.45) is 8.66. The van der Waals surface area contributed by atoms with Gasteiger partial charge in [0.05, 0.1) is 24.5 Å². The van der Waals surface area contributed by atoms with Crippen LogP contribution in [-0.2, 0) is 22.7 Å². The van der Waals surface area contributed by atoms with E-state index in [0.717, 1.165) is 62.0 Å². The van der Waals surface area contributed by atoms with Crippen molar-refractivity contribution in [3.05, 3.63) is 59.4 Å². The van der Waals surface area contributed by atoms with Crippen LogP contribution in [0.1, 0.15) is 86.3 Å². The van der Waals surface area contributed by atoms with Gasteiger partial charge < -0.3 is 25.4 Å². The van der Waals surface area contributed by atoms with Gasteiger partial charge in [-0.3, -0.25) is 24.3 Å². The average Bonchev–Trinajstić information content (AvgIpc) is 3.07. The number of aromatic nitrogens is 1. The summed E-state index contributed by atoms with van der Waals surface area (Å²) >= 11 is 0. The molecule has 238 valence electrons. The zero-order valence-electron chi connectivity index (χ0n) is 26.1. The Kier molecular flexibility index (Phi) is 10.5. The van der Waals surface area contributed by atoms with Crippen molar-refractivity contribution in [1.82, 2.24) is 25.4 Å². The molecule has 1 saturated carbocycles. The number of aliphatic hydroxyl groups is 1. The predicted molar refractivity (Wildman–Crippen MR) is 167 cm³/mol. The number of nitrogens with zero attached hydrogens (tertiary/aromatic N) is 3. The van der Waals surface area contributed by atoms with Crippen molar-refractivity contribution in [3.63, 3.8) is 0 Å². The molecule has 44 heavy (non-hydrogen) atoms. The van der Waals surface area contributed by atoms with Gasteiger partial charge in [0, 0.05) is 38.9 Å². The number of methoxy groups -OCH3 is 1. The molecule has 10 nitrogen and oxygen atoms in total. The molecule has 3 heterocycles. The zero-order chi connectivity index (χ0) is 31.1. The van der Waals surface area contributed by atoms with Crippen molar-refractivity contribution in [3.8, 4) is 5.75 Å². The van der Waals surface area contributed by atoms with E-state index in [4.69, 9.17) is 4.74 Å². The molecule has 10 heteroatoms. The van der Waals surface area contributed by atoms with Crippen LogP contribution in [0.2, 0.25) is 0 Å². The minimum absolute atomic E-state index is 0.0559. The summed E-state index contributed by atoms with van der Waals surface area (Å²) in [4.78, 5) is 48.8. The molecule has 0 radical (unpaired) electrons. The number of hydrogen-bond acceptors (Lipinski definition) is 7. The Labute approximate surface area is 260 Å². The minimum atomic E-state index is -0.884. The van der Waals surface area contributed by atoms with E-state index in [-0.39, 0.29) is 23.6 Å². The van der Waals surface area contributed by atoms with E-state index < -0.39 is 17.7 Å². The topological polar surface area (TPSA) is 124 Å². The lowest BCUT2D eigenvalue weighted by Gasteiger charge is -2.52. The highest BCUT2D eigenvalue weighted by atomic mass is 16.5. The minimum Gasteiger partial charge on any atom is -0.497 e. The molecule has 2 atom stereocenters. The maximum atomic E-state index is 13.8. The van der Waals surface area contributed by atoms with Gasteiger partial charge in [-0.15, -0.1) is 0 Å². The Morgan fingerprint density at radius 2 is 1.84 bits per heavy atom. The first-order valence-corrected chi connectivity index (χ1v) is 16.2. The van der Waals surface area contributed by atoms with Gasteiger partial charge in [-0.1, -0.05) is 44.7 Å². The van der Waals surface area contributed by atoms with Gasteiger partial charge in [-0.2, -0.15) is 0 Å². The number of unbranched alkanes of at least 4 members (excludes halogenated alkanes) is 1. The van der Waals surface area contributed by atoms with Crippen molar-refractivity contribution in [2.75, 3.05) is 26.7 Å². The third-order valence-corrected chi connectivity index (χ3v) is 9.74. The number of pyridine rings is 1. The van der Waals surface area contributed by atoms with Crippen LogP contribution in [0.5, 0.6) is 5.75 Å². The van der Waals surface area contributed by atoms with E-state index in [1.165, 1.54) is 0 Å². The summed E-state index contributed by atoms with van der Waals surface area (Å²) in [7, 11) is 1.62. The highest BCUT2D eigenvalue weighted by Crippen LogP contribution is 2.36. The molecule has 3 amide bonds. The number of piperidine rings is 1. The normalized spacial score (nSPS) is 21.6. The molecule has 1 aliphatic carbocycles. The molecule has 0 unspecified atom stereocenters. The number of likely N-dealkylation sites (tertiary alicyclic amines) is 1. The van der Waals surface area contributed by atoms with E-state index in [0.29, 0.717) is 51.1 Å². The summed E-state index contributed by atoms with van der Waals surface area (Å²) in [6.45, 7) is 4.90. The molecule has 3 aliphatic rings. The summed E-state index contributed by atoms with van der Waals surface area (Å²) in [5, 5.41) is 17.1. The monoisotopic (exact) mass is 605 g/mol. The fourth-order valence-electron chi connectivity index (χ4n) is 6.95. The standard InChI is InChI=1S/C34H47N5O5/c1-3-4-18-39-32(42)29(30(40)25-8-6-5-7-9-25)37-33(43)34(39)16-19-38(20-17-34)23-27-13-12-26(22-35-27)31(41)36-21-24-10-14-28(44-2)15-11-24/h10-15,22,25,29-30,40H,3-9,16-21,23H2,1-2H3,(H,36,41)(H,37,43)/t29-,30-/m1/s1. The van der Waals surface area contributed by atoms with Crippen molar-refractivity contribution >= 4 is 17.7 Å². The largest absolute Gasteiger partial charge is 0.497 e. The molecule has 2 saturated heterocycles. The van der Waals surface area contributed by atoms with E-state index in [1.807, 2.05) is 30.3 Å². The number of ether oxygens (including phenoxy) is 1. The maximum absolute atomic E-state index is 13.8. The molecule has 2 aliphatic heterocycles. The molecule has 1 aromatic carbocycles. The zero-order valence-corrected chi connectivity index (χ0v) is 26.1. The molecule has 1 aromatic heterocycles. The first-order valence-electron chi connectivity index (χ1n) is 16.2. The van der Waals surface area contributed by atoms with Crippen molar-refractivity contribution < 1.29 is 24.2 Å². The van der Waals surface area contributed by atoms with E-state index in [1.54, 1.807) is 24.3 Å². The molecule has 3 fully saturated rings. The van der Waals surface area contributed by atoms with Gasteiger partial charge in [0.25, 0.3) is 5.91 Å². The summed E-state index contributed by atoms with van der Waals surface area (Å²) in [5.41, 5.74) is 1.43. The number of hydrogen-bond donors (Lipinski definition) is 3. The van der Waals surface area contributed by atoms with E-state index in [9.17, 15) is 19.5 Å². The van der Waals surface area contributed by atoms with Crippen LogP contribution in [-0.4, -0.2) is 82.0 Å². The van der Waals surface area contributed by atoms with Crippen molar-refractivity contribution in [2.24, 2.45) is 5.92 Å². The van der Waals surface area contributed by atoms with Gasteiger partial charge in [0.1, 0.15) is 17.3 Å². The van der Waals surface area contributed by atoms with Crippen molar-refractivity contribution in [2.45, 2.75) is 95.5 Å². The smallest absolute Gasteiger partial charge is 0.253 e. The third-order valence-electron chi connectivity index (χ3n) is 9.74. The average molecular weight is 606 g/mol. The Balaban J connectivity index is 1.17. The Morgan fingerprint density at radius 1 is 1.11 bits per heavy atom. The van der Waals surface area contributed by atoms with E-state index >= 15 is 0 Å². The number of aliphatic hydroxyl groups excluding tert-OH is 1. The molecule has 0 bridgehead atoms. The van der Waals surface area contributed by atoms with Gasteiger partial charge >= 0.3 is 0 Å².